The highest BCUT2D eigenvalue weighted by Crippen LogP contribution is 2.19. The lowest BCUT2D eigenvalue weighted by molar-refractivity contribution is -0.577. The van der Waals surface area contributed by atoms with Crippen molar-refractivity contribution >= 4 is 28.7 Å². The first-order valence-electron chi connectivity index (χ1n) is 7.21. The highest BCUT2D eigenvalue weighted by Gasteiger charge is 2.05. The van der Waals surface area contributed by atoms with Gasteiger partial charge in [0.05, 0.1) is 5.39 Å². The molecular formula is C19H18N2O. The molecule has 0 aliphatic carbocycles. The number of aromatic nitrogens is 1. The van der Waals surface area contributed by atoms with Crippen LogP contribution in [0.1, 0.15) is 11.1 Å². The van der Waals surface area contributed by atoms with Crippen LogP contribution in [0.2, 0.25) is 0 Å². The van der Waals surface area contributed by atoms with Gasteiger partial charge in [0, 0.05) is 31.9 Å². The SMILES string of the molecule is CN(C)c1ccc(/C=C/c2cc[n+]([O-])c3ccccc23)cc1. The van der Waals surface area contributed by atoms with Gasteiger partial charge >= 0.3 is 0 Å². The molecule has 0 spiro atoms. The van der Waals surface area contributed by atoms with Gasteiger partial charge in [0.15, 0.2) is 6.20 Å². The number of rotatable bonds is 3. The molecule has 110 valence electrons. The summed E-state index contributed by atoms with van der Waals surface area (Å²) in [5, 5.41) is 12.8. The topological polar surface area (TPSA) is 30.2 Å². The minimum Gasteiger partial charge on any atom is -0.618 e. The van der Waals surface area contributed by atoms with E-state index in [9.17, 15) is 5.21 Å². The summed E-state index contributed by atoms with van der Waals surface area (Å²) < 4.78 is 0.901. The van der Waals surface area contributed by atoms with E-state index in [1.54, 1.807) is 6.20 Å². The van der Waals surface area contributed by atoms with E-state index in [4.69, 9.17) is 0 Å². The Hall–Kier alpha value is -2.81. The largest absolute Gasteiger partial charge is 0.618 e. The Morgan fingerprint density at radius 1 is 0.909 bits per heavy atom. The zero-order chi connectivity index (χ0) is 15.5. The fourth-order valence-corrected chi connectivity index (χ4v) is 2.44. The van der Waals surface area contributed by atoms with Gasteiger partial charge in [-0.25, -0.2) is 0 Å². The summed E-state index contributed by atoms with van der Waals surface area (Å²) >= 11 is 0. The minimum atomic E-state index is 0.688. The van der Waals surface area contributed by atoms with Crippen LogP contribution >= 0.6 is 0 Å². The van der Waals surface area contributed by atoms with Gasteiger partial charge in [0.1, 0.15) is 0 Å². The van der Waals surface area contributed by atoms with Gasteiger partial charge in [-0.05, 0) is 29.3 Å². The Morgan fingerprint density at radius 3 is 2.36 bits per heavy atom. The smallest absolute Gasteiger partial charge is 0.224 e. The van der Waals surface area contributed by atoms with Crippen molar-refractivity contribution in [2.24, 2.45) is 0 Å². The van der Waals surface area contributed by atoms with Crippen molar-refractivity contribution in [1.82, 2.24) is 0 Å². The molecule has 0 aliphatic rings. The van der Waals surface area contributed by atoms with E-state index in [0.717, 1.165) is 21.2 Å². The second kappa shape index (κ2) is 5.90. The van der Waals surface area contributed by atoms with Crippen LogP contribution in [-0.2, 0) is 0 Å². The summed E-state index contributed by atoms with van der Waals surface area (Å²) in [4.78, 5) is 2.07. The molecule has 0 N–H and O–H groups in total. The highest BCUT2D eigenvalue weighted by molar-refractivity contribution is 5.88. The number of benzene rings is 2. The van der Waals surface area contributed by atoms with Crippen molar-refractivity contribution in [2.45, 2.75) is 0 Å². The number of anilines is 1. The summed E-state index contributed by atoms with van der Waals surface area (Å²) in [6.07, 6.45) is 5.67. The molecule has 0 bridgehead atoms. The Labute approximate surface area is 130 Å². The maximum absolute atomic E-state index is 11.8. The molecule has 3 rings (SSSR count). The third kappa shape index (κ3) is 2.79. The number of para-hydroxylation sites is 1. The maximum atomic E-state index is 11.8. The summed E-state index contributed by atoms with van der Waals surface area (Å²) in [6.45, 7) is 0. The van der Waals surface area contributed by atoms with Crippen LogP contribution < -0.4 is 9.63 Å². The van der Waals surface area contributed by atoms with Gasteiger partial charge in [-0.2, -0.15) is 4.73 Å². The lowest BCUT2D eigenvalue weighted by Gasteiger charge is -2.11. The Balaban J connectivity index is 1.94. The third-order valence-electron chi connectivity index (χ3n) is 3.71. The predicted octanol–water partition coefficient (Wildman–Crippen LogP) is 3.71. The zero-order valence-corrected chi connectivity index (χ0v) is 12.7. The average Bonchev–Trinajstić information content (AvgIpc) is 2.55. The lowest BCUT2D eigenvalue weighted by atomic mass is 10.1. The van der Waals surface area contributed by atoms with Crippen LogP contribution in [0.15, 0.2) is 60.8 Å². The molecule has 0 saturated carbocycles. The van der Waals surface area contributed by atoms with Gasteiger partial charge in [-0.1, -0.05) is 36.4 Å². The molecular weight excluding hydrogens is 272 g/mol. The summed E-state index contributed by atoms with van der Waals surface area (Å²) in [6, 6.07) is 17.8. The standard InChI is InChI=1S/C19H18N2O/c1-20(2)17-11-8-15(9-12-17)7-10-16-13-14-21(22)19-6-4-3-5-18(16)19/h3-14H,1-2H3/b10-7+. The van der Waals surface area contributed by atoms with Crippen LogP contribution in [0, 0.1) is 5.21 Å². The summed E-state index contributed by atoms with van der Waals surface area (Å²) in [5.41, 5.74) is 4.04. The molecule has 0 aliphatic heterocycles. The van der Waals surface area contributed by atoms with E-state index >= 15 is 0 Å². The normalized spacial score (nSPS) is 11.2. The molecule has 3 heteroatoms. The number of nitrogens with zero attached hydrogens (tertiary/aromatic N) is 2. The predicted molar refractivity (Wildman–Crippen MR) is 92.6 cm³/mol. The summed E-state index contributed by atoms with van der Waals surface area (Å²) in [5.74, 6) is 0. The van der Waals surface area contributed by atoms with Gasteiger partial charge in [0.2, 0.25) is 5.52 Å². The second-order valence-electron chi connectivity index (χ2n) is 5.43. The van der Waals surface area contributed by atoms with Crippen molar-refractivity contribution in [3.05, 3.63) is 77.1 Å². The lowest BCUT2D eigenvalue weighted by Crippen LogP contribution is -2.26. The van der Waals surface area contributed by atoms with Gasteiger partial charge in [-0.15, -0.1) is 0 Å². The summed E-state index contributed by atoms with van der Waals surface area (Å²) in [7, 11) is 4.05. The fraction of sp³-hybridized carbons (Fsp3) is 0.105. The molecule has 22 heavy (non-hydrogen) atoms. The van der Waals surface area contributed by atoms with Gasteiger partial charge < -0.3 is 10.1 Å². The Bertz CT molecular complexity index is 820. The first kappa shape index (κ1) is 14.1. The third-order valence-corrected chi connectivity index (χ3v) is 3.71. The molecule has 0 saturated heterocycles. The molecule has 3 aromatic rings. The van der Waals surface area contributed by atoms with Crippen molar-refractivity contribution in [3.8, 4) is 0 Å². The Kier molecular flexibility index (Phi) is 3.79. The number of hydrogen-bond acceptors (Lipinski definition) is 2. The highest BCUT2D eigenvalue weighted by atomic mass is 16.5. The van der Waals surface area contributed by atoms with E-state index in [1.807, 2.05) is 50.5 Å². The van der Waals surface area contributed by atoms with E-state index in [1.165, 1.54) is 5.69 Å². The van der Waals surface area contributed by atoms with E-state index in [2.05, 4.69) is 35.2 Å². The molecule has 1 heterocycles. The van der Waals surface area contributed by atoms with Gasteiger partial charge in [0.25, 0.3) is 0 Å². The molecule has 2 aromatic carbocycles. The molecule has 0 atom stereocenters. The second-order valence-corrected chi connectivity index (χ2v) is 5.43. The Morgan fingerprint density at radius 2 is 1.64 bits per heavy atom. The van der Waals surface area contributed by atoms with Crippen molar-refractivity contribution in [2.75, 3.05) is 19.0 Å². The maximum Gasteiger partial charge on any atom is 0.224 e. The number of fused-ring (bicyclic) bond motifs is 1. The molecule has 0 fully saturated rings. The van der Waals surface area contributed by atoms with Crippen LogP contribution in [0.5, 0.6) is 0 Å². The molecule has 0 radical (unpaired) electrons. The monoisotopic (exact) mass is 290 g/mol. The van der Waals surface area contributed by atoms with Crippen molar-refractivity contribution in [1.29, 1.82) is 0 Å². The molecule has 1 aromatic heterocycles. The molecule has 0 amide bonds. The first-order chi connectivity index (χ1) is 10.6. The minimum absolute atomic E-state index is 0.688. The van der Waals surface area contributed by atoms with Crippen LogP contribution in [0.4, 0.5) is 5.69 Å². The van der Waals surface area contributed by atoms with Crippen molar-refractivity contribution < 1.29 is 4.73 Å². The van der Waals surface area contributed by atoms with E-state index < -0.39 is 0 Å². The van der Waals surface area contributed by atoms with Crippen LogP contribution in [0.25, 0.3) is 23.1 Å². The van der Waals surface area contributed by atoms with Crippen molar-refractivity contribution in [3.63, 3.8) is 0 Å². The molecule has 0 unspecified atom stereocenters. The fourth-order valence-electron chi connectivity index (χ4n) is 2.44. The van der Waals surface area contributed by atoms with Crippen LogP contribution in [-0.4, -0.2) is 14.1 Å². The first-order valence-corrected chi connectivity index (χ1v) is 7.21. The van der Waals surface area contributed by atoms with E-state index in [-0.39, 0.29) is 0 Å². The number of hydrogen-bond donors (Lipinski definition) is 0. The molecule has 3 nitrogen and oxygen atoms in total. The van der Waals surface area contributed by atoms with Gasteiger partial charge in [-0.3, -0.25) is 0 Å². The average molecular weight is 290 g/mol. The zero-order valence-electron chi connectivity index (χ0n) is 12.7. The van der Waals surface area contributed by atoms with E-state index in [0.29, 0.717) is 5.52 Å². The number of pyridine rings is 1. The quantitative estimate of drug-likeness (QED) is 0.544. The van der Waals surface area contributed by atoms with Crippen LogP contribution in [0.3, 0.4) is 0 Å².